The van der Waals surface area contributed by atoms with Crippen molar-refractivity contribution in [3.8, 4) is 0 Å². The van der Waals surface area contributed by atoms with Crippen LogP contribution in [0, 0.1) is 0 Å². The molecule has 0 aromatic heterocycles. The summed E-state index contributed by atoms with van der Waals surface area (Å²) in [6.07, 6.45) is 8.64. The Bertz CT molecular complexity index is 470. The Balaban J connectivity index is 1.30. The van der Waals surface area contributed by atoms with Crippen molar-refractivity contribution in [2.45, 2.75) is 106 Å². The van der Waals surface area contributed by atoms with Gasteiger partial charge < -0.3 is 28.8 Å². The number of aliphatic hydroxyl groups excluding tert-OH is 1. The van der Waals surface area contributed by atoms with Crippen molar-refractivity contribution in [3.05, 3.63) is 0 Å². The van der Waals surface area contributed by atoms with Gasteiger partial charge in [-0.15, -0.1) is 0 Å². The van der Waals surface area contributed by atoms with Gasteiger partial charge in [0.05, 0.1) is 6.61 Å². The van der Waals surface area contributed by atoms with E-state index in [-0.39, 0.29) is 18.3 Å². The molecule has 3 aliphatic heterocycles. The summed E-state index contributed by atoms with van der Waals surface area (Å²) >= 11 is 0. The summed E-state index contributed by atoms with van der Waals surface area (Å²) in [4.78, 5) is 0. The maximum Gasteiger partial charge on any atom is 0.184 e. The maximum atomic E-state index is 10.3. The fraction of sp³-hybridized carbons (Fsp3) is 1.00. The largest absolute Gasteiger partial charge is 0.366 e. The average Bonchev–Trinajstić information content (AvgIpc) is 3.24. The van der Waals surface area contributed by atoms with Crippen molar-refractivity contribution < 1.29 is 28.8 Å². The highest BCUT2D eigenvalue weighted by molar-refractivity contribution is 5.01. The van der Waals surface area contributed by atoms with Gasteiger partial charge in [0.25, 0.3) is 0 Å². The summed E-state index contributed by atoms with van der Waals surface area (Å²) in [5, 5.41) is 10.3. The van der Waals surface area contributed by atoms with Gasteiger partial charge in [0, 0.05) is 25.7 Å². The van der Waals surface area contributed by atoms with Crippen LogP contribution in [-0.4, -0.2) is 54.0 Å². The van der Waals surface area contributed by atoms with Gasteiger partial charge in [0.2, 0.25) is 0 Å². The molecule has 2 saturated carbocycles. The van der Waals surface area contributed by atoms with Crippen molar-refractivity contribution in [2.24, 2.45) is 0 Å². The minimum absolute atomic E-state index is 0.185. The molecule has 3 heterocycles. The van der Waals surface area contributed by atoms with Gasteiger partial charge >= 0.3 is 0 Å². The second-order valence-corrected chi connectivity index (χ2v) is 8.07. The van der Waals surface area contributed by atoms with Crippen LogP contribution in [0.15, 0.2) is 0 Å². The smallest absolute Gasteiger partial charge is 0.184 e. The average molecular weight is 340 g/mol. The molecule has 5 fully saturated rings. The lowest BCUT2D eigenvalue weighted by Gasteiger charge is -2.35. The molecule has 0 bridgehead atoms. The van der Waals surface area contributed by atoms with E-state index in [0.717, 1.165) is 51.4 Å². The quantitative estimate of drug-likeness (QED) is 0.789. The second kappa shape index (κ2) is 5.89. The van der Waals surface area contributed by atoms with Crippen LogP contribution in [0.3, 0.4) is 0 Å². The molecule has 0 aromatic carbocycles. The Morgan fingerprint density at radius 2 is 1.29 bits per heavy atom. The van der Waals surface area contributed by atoms with Crippen molar-refractivity contribution in [1.29, 1.82) is 0 Å². The van der Waals surface area contributed by atoms with E-state index in [0.29, 0.717) is 6.61 Å². The van der Waals surface area contributed by atoms with Gasteiger partial charge in [-0.05, 0) is 25.7 Å². The zero-order valence-electron chi connectivity index (χ0n) is 14.2. The molecule has 0 amide bonds. The summed E-state index contributed by atoms with van der Waals surface area (Å²) in [5.74, 6) is -0.949. The summed E-state index contributed by atoms with van der Waals surface area (Å²) in [5.41, 5.74) is 0. The number of hydrogen-bond acceptors (Lipinski definition) is 6. The fourth-order valence-electron chi connectivity index (χ4n) is 5.17. The Morgan fingerprint density at radius 1 is 0.667 bits per heavy atom. The minimum Gasteiger partial charge on any atom is -0.366 e. The highest BCUT2D eigenvalue weighted by atomic mass is 16.8. The normalized spacial score (nSPS) is 46.6. The summed E-state index contributed by atoms with van der Waals surface area (Å²) in [6.45, 7) is 0.511. The molecule has 0 aromatic rings. The fourth-order valence-corrected chi connectivity index (χ4v) is 5.17. The lowest BCUT2D eigenvalue weighted by Crippen LogP contribution is -2.43. The van der Waals surface area contributed by atoms with Gasteiger partial charge in [-0.1, -0.05) is 12.8 Å². The predicted octanol–water partition coefficient (Wildman–Crippen LogP) is 2.22. The third-order valence-electron chi connectivity index (χ3n) is 6.40. The molecule has 0 unspecified atom stereocenters. The molecule has 0 radical (unpaired) electrons. The molecule has 6 heteroatoms. The number of hydrogen-bond donors (Lipinski definition) is 1. The molecule has 3 saturated heterocycles. The van der Waals surface area contributed by atoms with Crippen molar-refractivity contribution in [2.75, 3.05) is 6.61 Å². The van der Waals surface area contributed by atoms with Gasteiger partial charge in [-0.2, -0.15) is 0 Å². The molecule has 24 heavy (non-hydrogen) atoms. The lowest BCUT2D eigenvalue weighted by atomic mass is 9.94. The van der Waals surface area contributed by atoms with Crippen LogP contribution >= 0.6 is 0 Å². The van der Waals surface area contributed by atoms with Crippen LogP contribution in [0.25, 0.3) is 0 Å². The minimum atomic E-state index is -0.937. The number of fused-ring (bicyclic) bond motifs is 1. The SMILES string of the molecule is O[C@@H]1O[C@H]([C@@H]2COC3(CCCCC3)O2)[C@H]2OC3(CCCCC3)O[C@H]21. The first-order valence-electron chi connectivity index (χ1n) is 9.70. The topological polar surface area (TPSA) is 66.4 Å². The highest BCUT2D eigenvalue weighted by Gasteiger charge is 2.61. The zero-order chi connectivity index (χ0) is 16.2. The first kappa shape index (κ1) is 16.0. The van der Waals surface area contributed by atoms with Crippen LogP contribution in [0.5, 0.6) is 0 Å². The van der Waals surface area contributed by atoms with Gasteiger partial charge in [0.15, 0.2) is 17.9 Å². The molecular weight excluding hydrogens is 312 g/mol. The van der Waals surface area contributed by atoms with Crippen LogP contribution in [0.2, 0.25) is 0 Å². The van der Waals surface area contributed by atoms with E-state index in [1.165, 1.54) is 12.8 Å². The summed E-state index contributed by atoms with van der Waals surface area (Å²) in [7, 11) is 0. The zero-order valence-corrected chi connectivity index (χ0v) is 14.2. The highest BCUT2D eigenvalue weighted by Crippen LogP contribution is 2.48. The van der Waals surface area contributed by atoms with E-state index < -0.39 is 24.0 Å². The third-order valence-corrected chi connectivity index (χ3v) is 6.40. The number of aliphatic hydroxyl groups is 1. The molecule has 5 atom stereocenters. The monoisotopic (exact) mass is 340 g/mol. The Labute approximate surface area is 142 Å². The maximum absolute atomic E-state index is 10.3. The standard InChI is InChI=1S/C18H28O6/c19-16-15-14(23-18(24-15)9-5-2-6-10-18)13(21-16)12-11-20-17(22-12)7-3-1-4-8-17/h12-16,19H,1-11H2/t12-,13+,14+,15+,16+/m0/s1. The van der Waals surface area contributed by atoms with E-state index in [4.69, 9.17) is 23.7 Å². The molecule has 5 aliphatic rings. The second-order valence-electron chi connectivity index (χ2n) is 8.07. The number of ether oxygens (including phenoxy) is 5. The van der Waals surface area contributed by atoms with Crippen LogP contribution < -0.4 is 0 Å². The molecule has 2 spiro atoms. The predicted molar refractivity (Wildman–Crippen MR) is 83.1 cm³/mol. The summed E-state index contributed by atoms with van der Waals surface area (Å²) < 4.78 is 30.6. The van der Waals surface area contributed by atoms with Crippen molar-refractivity contribution in [3.63, 3.8) is 0 Å². The van der Waals surface area contributed by atoms with Gasteiger partial charge in [-0.25, -0.2) is 0 Å². The molecule has 5 rings (SSSR count). The Hall–Kier alpha value is -0.240. The number of rotatable bonds is 1. The first-order chi connectivity index (χ1) is 11.7. The molecular formula is C18H28O6. The Morgan fingerprint density at radius 3 is 2.00 bits per heavy atom. The Kier molecular flexibility index (Phi) is 3.92. The molecule has 6 nitrogen and oxygen atoms in total. The molecule has 1 N–H and O–H groups in total. The van der Waals surface area contributed by atoms with Crippen molar-refractivity contribution in [1.82, 2.24) is 0 Å². The summed E-state index contributed by atoms with van der Waals surface area (Å²) in [6, 6.07) is 0. The molecule has 136 valence electrons. The van der Waals surface area contributed by atoms with E-state index in [1.807, 2.05) is 0 Å². The van der Waals surface area contributed by atoms with E-state index in [9.17, 15) is 5.11 Å². The van der Waals surface area contributed by atoms with Crippen molar-refractivity contribution >= 4 is 0 Å². The third kappa shape index (κ3) is 2.54. The molecule has 2 aliphatic carbocycles. The van der Waals surface area contributed by atoms with Crippen LogP contribution in [-0.2, 0) is 23.7 Å². The first-order valence-corrected chi connectivity index (χ1v) is 9.70. The van der Waals surface area contributed by atoms with E-state index in [2.05, 4.69) is 0 Å². The van der Waals surface area contributed by atoms with Gasteiger partial charge in [0.1, 0.15) is 24.4 Å². The van der Waals surface area contributed by atoms with E-state index >= 15 is 0 Å². The van der Waals surface area contributed by atoms with Crippen LogP contribution in [0.1, 0.15) is 64.2 Å². The van der Waals surface area contributed by atoms with E-state index in [1.54, 1.807) is 0 Å². The van der Waals surface area contributed by atoms with Crippen LogP contribution in [0.4, 0.5) is 0 Å². The lowest BCUT2D eigenvalue weighted by molar-refractivity contribution is -0.260. The van der Waals surface area contributed by atoms with Gasteiger partial charge in [-0.3, -0.25) is 0 Å².